The summed E-state index contributed by atoms with van der Waals surface area (Å²) in [6.07, 6.45) is 4.69. The van der Waals surface area contributed by atoms with Gasteiger partial charge in [-0.25, -0.2) is 4.48 Å². The first-order valence-electron chi connectivity index (χ1n) is 9.65. The molecule has 1 atom stereocenters. The minimum absolute atomic E-state index is 0.474. The maximum absolute atomic E-state index is 2.45. The zero-order valence-electron chi connectivity index (χ0n) is 17.6. The molecule has 0 fully saturated rings. The van der Waals surface area contributed by atoms with Gasteiger partial charge in [0.05, 0.1) is 17.9 Å². The van der Waals surface area contributed by atoms with E-state index in [1.807, 2.05) is 0 Å². The Morgan fingerprint density at radius 3 is 1.69 bits per heavy atom. The molecule has 1 aliphatic rings. The van der Waals surface area contributed by atoms with E-state index in [0.717, 1.165) is 11.2 Å². The van der Waals surface area contributed by atoms with Gasteiger partial charge in [-0.15, -0.1) is 0 Å². The van der Waals surface area contributed by atoms with Crippen molar-refractivity contribution in [1.82, 2.24) is 4.48 Å². The van der Waals surface area contributed by atoms with Crippen molar-refractivity contribution in [3.63, 3.8) is 0 Å². The van der Waals surface area contributed by atoms with Crippen LogP contribution in [-0.2, 0) is 0 Å². The molecule has 2 aromatic carbocycles. The number of aryl methyl sites for hydroxylation is 6. The zero-order valence-corrected chi connectivity index (χ0v) is 17.6. The SMILES string of the molecule is Cc1cc(C)c(N2C=C[N+](c3c(C)cc(C)cc3C)(C(C)C)C2)c(C)c1. The Morgan fingerprint density at radius 1 is 0.769 bits per heavy atom. The Kier molecular flexibility index (Phi) is 4.74. The van der Waals surface area contributed by atoms with E-state index in [2.05, 4.69) is 97.0 Å². The number of hydrogen-bond acceptors (Lipinski definition) is 1. The van der Waals surface area contributed by atoms with Crippen molar-refractivity contribution in [2.24, 2.45) is 0 Å². The lowest BCUT2D eigenvalue weighted by Crippen LogP contribution is -2.52. The lowest BCUT2D eigenvalue weighted by atomic mass is 10.0. The van der Waals surface area contributed by atoms with Gasteiger partial charge in [-0.05, 0) is 66.5 Å². The molecule has 2 aromatic rings. The summed E-state index contributed by atoms with van der Waals surface area (Å²) >= 11 is 0. The molecule has 0 bridgehead atoms. The second-order valence-corrected chi connectivity index (χ2v) is 8.43. The van der Waals surface area contributed by atoms with Crippen LogP contribution in [0.2, 0.25) is 0 Å². The first kappa shape index (κ1) is 18.7. The molecule has 2 heteroatoms. The van der Waals surface area contributed by atoms with Crippen LogP contribution in [0, 0.1) is 41.5 Å². The summed E-state index contributed by atoms with van der Waals surface area (Å²) < 4.78 is 0.880. The lowest BCUT2D eigenvalue weighted by Gasteiger charge is -2.39. The summed E-state index contributed by atoms with van der Waals surface area (Å²) in [5.74, 6) is 0. The van der Waals surface area contributed by atoms with E-state index >= 15 is 0 Å². The van der Waals surface area contributed by atoms with Crippen molar-refractivity contribution in [3.8, 4) is 0 Å². The van der Waals surface area contributed by atoms with Gasteiger partial charge in [0.15, 0.2) is 6.67 Å². The minimum atomic E-state index is 0.474. The molecule has 2 nitrogen and oxygen atoms in total. The summed E-state index contributed by atoms with van der Waals surface area (Å²) in [4.78, 5) is 2.45. The van der Waals surface area contributed by atoms with Crippen LogP contribution in [0.25, 0.3) is 0 Å². The molecule has 138 valence electrons. The fourth-order valence-electron chi connectivity index (χ4n) is 4.88. The van der Waals surface area contributed by atoms with Gasteiger partial charge in [-0.3, -0.25) is 4.90 Å². The zero-order chi connectivity index (χ0) is 19.2. The van der Waals surface area contributed by atoms with E-state index in [9.17, 15) is 0 Å². The number of benzene rings is 2. The topological polar surface area (TPSA) is 3.24 Å². The molecule has 0 N–H and O–H groups in total. The first-order chi connectivity index (χ1) is 12.2. The lowest BCUT2D eigenvalue weighted by molar-refractivity contribution is 0.327. The number of quaternary nitrogens is 1. The molecule has 0 saturated heterocycles. The minimum Gasteiger partial charge on any atom is -0.294 e. The molecule has 0 aromatic heterocycles. The van der Waals surface area contributed by atoms with Gasteiger partial charge in [0.2, 0.25) is 0 Å². The second-order valence-electron chi connectivity index (χ2n) is 8.43. The van der Waals surface area contributed by atoms with Crippen molar-refractivity contribution in [1.29, 1.82) is 0 Å². The summed E-state index contributed by atoms with van der Waals surface area (Å²) in [5.41, 5.74) is 11.0. The van der Waals surface area contributed by atoms with Gasteiger partial charge >= 0.3 is 0 Å². The Hall–Kier alpha value is -2.06. The molecular formula is C24H33N2+. The Bertz CT molecular complexity index is 830. The van der Waals surface area contributed by atoms with E-state index < -0.39 is 0 Å². The van der Waals surface area contributed by atoms with Gasteiger partial charge in [-0.2, -0.15) is 0 Å². The highest BCUT2D eigenvalue weighted by molar-refractivity contribution is 5.67. The number of anilines is 1. The number of rotatable bonds is 3. The molecular weight excluding hydrogens is 316 g/mol. The average Bonchev–Trinajstić information content (AvgIpc) is 2.91. The van der Waals surface area contributed by atoms with E-state index in [0.29, 0.717) is 6.04 Å². The van der Waals surface area contributed by atoms with Crippen LogP contribution in [0.5, 0.6) is 0 Å². The third kappa shape index (κ3) is 2.97. The van der Waals surface area contributed by atoms with E-state index in [4.69, 9.17) is 0 Å². The predicted molar refractivity (Wildman–Crippen MR) is 115 cm³/mol. The highest BCUT2D eigenvalue weighted by Crippen LogP contribution is 2.40. The van der Waals surface area contributed by atoms with Gasteiger partial charge in [-0.1, -0.05) is 35.4 Å². The Labute approximate surface area is 159 Å². The van der Waals surface area contributed by atoms with Gasteiger partial charge in [0.25, 0.3) is 0 Å². The molecule has 1 heterocycles. The molecule has 26 heavy (non-hydrogen) atoms. The molecule has 0 amide bonds. The molecule has 1 unspecified atom stereocenters. The highest BCUT2D eigenvalue weighted by atomic mass is 15.5. The van der Waals surface area contributed by atoms with Crippen LogP contribution in [0.15, 0.2) is 36.7 Å². The third-order valence-electron chi connectivity index (χ3n) is 5.79. The monoisotopic (exact) mass is 349 g/mol. The van der Waals surface area contributed by atoms with Crippen molar-refractivity contribution >= 4 is 11.4 Å². The quantitative estimate of drug-likeness (QED) is 0.596. The van der Waals surface area contributed by atoms with Crippen molar-refractivity contribution < 1.29 is 0 Å². The standard InChI is InChI=1S/C24H33N2/c1-16(2)26(24-21(7)13-18(4)14-22(24)8)10-9-25(15-26)23-19(5)11-17(3)12-20(23)6/h9-14,16H,15H2,1-8H3/q+1. The van der Waals surface area contributed by atoms with Crippen molar-refractivity contribution in [3.05, 3.63) is 70.0 Å². The van der Waals surface area contributed by atoms with Gasteiger partial charge < -0.3 is 0 Å². The number of hydrogen-bond donors (Lipinski definition) is 0. The summed E-state index contributed by atoms with van der Waals surface area (Å²) in [7, 11) is 0. The molecule has 1 aliphatic heterocycles. The summed E-state index contributed by atoms with van der Waals surface area (Å²) in [6.45, 7) is 19.0. The van der Waals surface area contributed by atoms with Crippen LogP contribution in [0.4, 0.5) is 11.4 Å². The van der Waals surface area contributed by atoms with Crippen molar-refractivity contribution in [2.75, 3.05) is 11.6 Å². The predicted octanol–water partition coefficient (Wildman–Crippen LogP) is 6.20. The third-order valence-corrected chi connectivity index (χ3v) is 5.79. The van der Waals surface area contributed by atoms with Gasteiger partial charge in [0.1, 0.15) is 11.9 Å². The normalized spacial score (nSPS) is 19.7. The van der Waals surface area contributed by atoms with Crippen molar-refractivity contribution in [2.45, 2.75) is 61.4 Å². The highest BCUT2D eigenvalue weighted by Gasteiger charge is 2.41. The summed E-state index contributed by atoms with van der Waals surface area (Å²) in [5, 5.41) is 0. The fourth-order valence-corrected chi connectivity index (χ4v) is 4.88. The maximum atomic E-state index is 2.45. The average molecular weight is 350 g/mol. The maximum Gasteiger partial charge on any atom is 0.167 e. The van der Waals surface area contributed by atoms with Gasteiger partial charge in [0, 0.05) is 11.1 Å². The fraction of sp³-hybridized carbons (Fsp3) is 0.417. The van der Waals surface area contributed by atoms with E-state index in [1.165, 1.54) is 44.8 Å². The van der Waals surface area contributed by atoms with Crippen LogP contribution >= 0.6 is 0 Å². The molecule has 0 saturated carbocycles. The largest absolute Gasteiger partial charge is 0.294 e. The van der Waals surface area contributed by atoms with Crippen LogP contribution < -0.4 is 9.38 Å². The Morgan fingerprint density at radius 2 is 1.23 bits per heavy atom. The summed E-state index contributed by atoms with van der Waals surface area (Å²) in [6, 6.07) is 9.71. The Balaban J connectivity index is 2.10. The second kappa shape index (κ2) is 6.59. The van der Waals surface area contributed by atoms with Crippen LogP contribution in [0.3, 0.4) is 0 Å². The first-order valence-corrected chi connectivity index (χ1v) is 9.65. The number of nitrogens with zero attached hydrogens (tertiary/aromatic N) is 2. The molecule has 0 aliphatic carbocycles. The van der Waals surface area contributed by atoms with E-state index in [-0.39, 0.29) is 0 Å². The van der Waals surface area contributed by atoms with Crippen LogP contribution in [-0.4, -0.2) is 12.7 Å². The van der Waals surface area contributed by atoms with Crippen LogP contribution in [0.1, 0.15) is 47.2 Å². The smallest absolute Gasteiger partial charge is 0.167 e. The van der Waals surface area contributed by atoms with E-state index in [1.54, 1.807) is 0 Å². The molecule has 0 radical (unpaired) electrons. The molecule has 0 spiro atoms. The molecule has 3 rings (SSSR count).